The van der Waals surface area contributed by atoms with E-state index < -0.39 is 0 Å². The highest BCUT2D eigenvalue weighted by molar-refractivity contribution is 7.98. The van der Waals surface area contributed by atoms with Crippen molar-refractivity contribution in [3.63, 3.8) is 0 Å². The maximum atomic E-state index is 4.29. The molecule has 0 aromatic rings. The van der Waals surface area contributed by atoms with Gasteiger partial charge in [-0.2, -0.15) is 11.8 Å². The summed E-state index contributed by atoms with van der Waals surface area (Å²) in [6.45, 7) is 3.37. The number of guanidine groups is 1. The van der Waals surface area contributed by atoms with E-state index in [-0.39, 0.29) is 0 Å². The Hall–Kier alpha value is -0.380. The minimum Gasteiger partial charge on any atom is -0.356 e. The van der Waals surface area contributed by atoms with Gasteiger partial charge < -0.3 is 10.6 Å². The Labute approximate surface area is 110 Å². The summed E-state index contributed by atoms with van der Waals surface area (Å²) in [5, 5.41) is 6.94. The van der Waals surface area contributed by atoms with Crippen molar-refractivity contribution in [2.75, 3.05) is 25.6 Å². The third-order valence-electron chi connectivity index (χ3n) is 3.32. The number of nitrogens with one attached hydrogen (secondary N) is 2. The molecule has 1 fully saturated rings. The van der Waals surface area contributed by atoms with Crippen molar-refractivity contribution in [1.29, 1.82) is 0 Å². The van der Waals surface area contributed by atoms with Crippen LogP contribution in [-0.4, -0.2) is 37.6 Å². The summed E-state index contributed by atoms with van der Waals surface area (Å²) in [7, 11) is 1.86. The van der Waals surface area contributed by atoms with E-state index in [9.17, 15) is 0 Å². The minimum absolute atomic E-state index is 0.616. The zero-order valence-corrected chi connectivity index (χ0v) is 12.3. The van der Waals surface area contributed by atoms with Gasteiger partial charge in [0.15, 0.2) is 5.96 Å². The highest BCUT2D eigenvalue weighted by atomic mass is 32.2. The van der Waals surface area contributed by atoms with E-state index in [2.05, 4.69) is 28.8 Å². The summed E-state index contributed by atoms with van der Waals surface area (Å²) in [6.07, 6.45) is 8.65. The Morgan fingerprint density at radius 3 is 2.88 bits per heavy atom. The number of hydrogen-bond acceptors (Lipinski definition) is 2. The first-order chi connectivity index (χ1) is 8.26. The fourth-order valence-corrected chi connectivity index (χ4v) is 2.81. The molecule has 0 radical (unpaired) electrons. The fourth-order valence-electron chi connectivity index (χ4n) is 2.38. The molecule has 1 aliphatic carbocycles. The summed E-state index contributed by atoms with van der Waals surface area (Å²) in [5.41, 5.74) is 0. The van der Waals surface area contributed by atoms with Gasteiger partial charge in [0.2, 0.25) is 0 Å². The molecule has 0 aromatic carbocycles. The van der Waals surface area contributed by atoms with Gasteiger partial charge in [0.25, 0.3) is 0 Å². The number of thioether (sulfide) groups is 1. The number of rotatable bonds is 5. The number of hydrogen-bond donors (Lipinski definition) is 2. The minimum atomic E-state index is 0.616. The van der Waals surface area contributed by atoms with Gasteiger partial charge in [-0.05, 0) is 37.2 Å². The molecular weight excluding hydrogens is 230 g/mol. The highest BCUT2D eigenvalue weighted by Gasteiger charge is 2.19. The van der Waals surface area contributed by atoms with Crippen LogP contribution < -0.4 is 10.6 Å². The van der Waals surface area contributed by atoms with E-state index in [4.69, 9.17) is 0 Å². The van der Waals surface area contributed by atoms with Crippen molar-refractivity contribution in [2.45, 2.75) is 45.1 Å². The van der Waals surface area contributed by atoms with Crippen LogP contribution in [0, 0.1) is 5.92 Å². The van der Waals surface area contributed by atoms with Gasteiger partial charge in [0, 0.05) is 19.6 Å². The van der Waals surface area contributed by atoms with E-state index in [1.807, 2.05) is 18.8 Å². The van der Waals surface area contributed by atoms with E-state index in [1.165, 1.54) is 37.9 Å². The van der Waals surface area contributed by atoms with Crippen molar-refractivity contribution in [3.05, 3.63) is 0 Å². The lowest BCUT2D eigenvalue weighted by Gasteiger charge is -2.28. The van der Waals surface area contributed by atoms with Gasteiger partial charge in [0.05, 0.1) is 0 Å². The smallest absolute Gasteiger partial charge is 0.191 e. The van der Waals surface area contributed by atoms with Crippen LogP contribution in [-0.2, 0) is 0 Å². The lowest BCUT2D eigenvalue weighted by Crippen LogP contribution is -2.45. The molecule has 0 amide bonds. The molecule has 2 N–H and O–H groups in total. The van der Waals surface area contributed by atoms with Crippen molar-refractivity contribution in [1.82, 2.24) is 10.6 Å². The largest absolute Gasteiger partial charge is 0.356 e. The zero-order valence-electron chi connectivity index (χ0n) is 11.5. The second-order valence-corrected chi connectivity index (χ2v) is 5.94. The Morgan fingerprint density at radius 1 is 1.41 bits per heavy atom. The molecule has 2 unspecified atom stereocenters. The van der Waals surface area contributed by atoms with Crippen molar-refractivity contribution in [2.24, 2.45) is 10.9 Å². The third-order valence-corrected chi connectivity index (χ3v) is 4.02. The monoisotopic (exact) mass is 257 g/mol. The number of aliphatic imine (C=N–C) groups is 1. The molecule has 0 aliphatic heterocycles. The average Bonchev–Trinajstić information content (AvgIpc) is 2.33. The molecule has 0 heterocycles. The molecule has 0 bridgehead atoms. The van der Waals surface area contributed by atoms with E-state index >= 15 is 0 Å². The molecule has 0 aromatic heterocycles. The van der Waals surface area contributed by atoms with Crippen LogP contribution in [0.25, 0.3) is 0 Å². The lowest BCUT2D eigenvalue weighted by atomic mass is 9.87. The molecule has 0 spiro atoms. The Balaban J connectivity index is 2.21. The van der Waals surface area contributed by atoms with Gasteiger partial charge in [-0.1, -0.05) is 19.8 Å². The first kappa shape index (κ1) is 14.7. The zero-order chi connectivity index (χ0) is 12.5. The summed E-state index contributed by atoms with van der Waals surface area (Å²) >= 11 is 1.90. The molecule has 3 nitrogen and oxygen atoms in total. The van der Waals surface area contributed by atoms with E-state index in [0.717, 1.165) is 18.4 Å². The van der Waals surface area contributed by atoms with Gasteiger partial charge in [-0.15, -0.1) is 0 Å². The molecule has 4 heteroatoms. The molecule has 1 aliphatic rings. The molecule has 2 atom stereocenters. The van der Waals surface area contributed by atoms with Crippen LogP contribution in [0.5, 0.6) is 0 Å². The standard InChI is InChI=1S/C13H27N3S/c1-11-6-4-7-12(10-11)16-13(14-2)15-8-5-9-17-3/h11-12H,4-10H2,1-3H3,(H2,14,15,16). The predicted octanol–water partition coefficient (Wildman–Crippen LogP) is 2.48. The second-order valence-electron chi connectivity index (χ2n) is 4.96. The SMILES string of the molecule is CN=C(NCCCSC)NC1CCCC(C)C1. The molecular formula is C13H27N3S. The van der Waals surface area contributed by atoms with Gasteiger partial charge >= 0.3 is 0 Å². The number of nitrogens with zero attached hydrogens (tertiary/aromatic N) is 1. The summed E-state index contributed by atoms with van der Waals surface area (Å²) in [5.74, 6) is 3.05. The van der Waals surface area contributed by atoms with E-state index in [1.54, 1.807) is 0 Å². The Kier molecular flexibility index (Phi) is 7.49. The fraction of sp³-hybridized carbons (Fsp3) is 0.923. The van der Waals surface area contributed by atoms with Gasteiger partial charge in [-0.3, -0.25) is 4.99 Å². The summed E-state index contributed by atoms with van der Waals surface area (Å²) in [4.78, 5) is 4.29. The normalized spacial score (nSPS) is 25.7. The van der Waals surface area contributed by atoms with Gasteiger partial charge in [-0.25, -0.2) is 0 Å². The first-order valence-corrected chi connectivity index (χ1v) is 8.11. The summed E-state index contributed by atoms with van der Waals surface area (Å²) < 4.78 is 0. The lowest BCUT2D eigenvalue weighted by molar-refractivity contribution is 0.324. The van der Waals surface area contributed by atoms with Crippen molar-refractivity contribution >= 4 is 17.7 Å². The van der Waals surface area contributed by atoms with Crippen molar-refractivity contribution < 1.29 is 0 Å². The quantitative estimate of drug-likeness (QED) is 0.451. The summed E-state index contributed by atoms with van der Waals surface area (Å²) in [6, 6.07) is 0.616. The molecule has 1 rings (SSSR count). The Bertz CT molecular complexity index is 231. The second kappa shape index (κ2) is 8.67. The van der Waals surface area contributed by atoms with Crippen molar-refractivity contribution in [3.8, 4) is 0 Å². The average molecular weight is 257 g/mol. The van der Waals surface area contributed by atoms with Crippen LogP contribution >= 0.6 is 11.8 Å². The molecule has 1 saturated carbocycles. The van der Waals surface area contributed by atoms with Crippen LogP contribution in [0.1, 0.15) is 39.0 Å². The van der Waals surface area contributed by atoms with Crippen LogP contribution in [0.4, 0.5) is 0 Å². The van der Waals surface area contributed by atoms with E-state index in [0.29, 0.717) is 6.04 Å². The third kappa shape index (κ3) is 6.20. The van der Waals surface area contributed by atoms with Gasteiger partial charge in [0.1, 0.15) is 0 Å². The van der Waals surface area contributed by atoms with Crippen LogP contribution in [0.3, 0.4) is 0 Å². The maximum absolute atomic E-state index is 4.29. The first-order valence-electron chi connectivity index (χ1n) is 6.72. The van der Waals surface area contributed by atoms with Crippen LogP contribution in [0.15, 0.2) is 4.99 Å². The van der Waals surface area contributed by atoms with Crippen LogP contribution in [0.2, 0.25) is 0 Å². The molecule has 17 heavy (non-hydrogen) atoms. The highest BCUT2D eigenvalue weighted by Crippen LogP contribution is 2.23. The maximum Gasteiger partial charge on any atom is 0.191 e. The topological polar surface area (TPSA) is 36.4 Å². The predicted molar refractivity (Wildman–Crippen MR) is 78.9 cm³/mol. The molecule has 0 saturated heterocycles. The molecule has 100 valence electrons. The Morgan fingerprint density at radius 2 is 2.24 bits per heavy atom.